The molecule has 1 N–H and O–H groups in total. The van der Waals surface area contributed by atoms with Gasteiger partial charge in [0.1, 0.15) is 11.5 Å². The fourth-order valence-electron chi connectivity index (χ4n) is 3.62. The molecule has 3 nitrogen and oxygen atoms in total. The smallest absolute Gasteiger partial charge is 0.134 e. The molecule has 1 aromatic heterocycles. The van der Waals surface area contributed by atoms with Crippen LogP contribution in [-0.4, -0.2) is 24.0 Å². The summed E-state index contributed by atoms with van der Waals surface area (Å²) in [6, 6.07) is 23.7. The minimum absolute atomic E-state index is 0.568. The zero-order valence-electron chi connectivity index (χ0n) is 15.4. The molecule has 4 heteroatoms. The van der Waals surface area contributed by atoms with Gasteiger partial charge in [0.2, 0.25) is 0 Å². The number of benzene rings is 2. The van der Waals surface area contributed by atoms with Crippen molar-refractivity contribution in [1.29, 1.82) is 0 Å². The Balaban J connectivity index is 1.24. The molecule has 0 amide bonds. The average Bonchev–Trinajstić information content (AvgIpc) is 3.18. The van der Waals surface area contributed by atoms with Crippen LogP contribution in [0.15, 0.2) is 75.6 Å². The molecule has 3 aromatic rings. The Hall–Kier alpha value is -1.88. The molecule has 0 aliphatic carbocycles. The Kier molecular flexibility index (Phi) is 6.07. The molecule has 27 heavy (non-hydrogen) atoms. The topological polar surface area (TPSA) is 28.4 Å². The number of nitrogens with one attached hydrogen (secondary N) is 1. The molecule has 1 aliphatic heterocycles. The Morgan fingerprint density at radius 1 is 0.926 bits per heavy atom. The molecule has 0 unspecified atom stereocenters. The first-order chi connectivity index (χ1) is 13.3. The van der Waals surface area contributed by atoms with E-state index >= 15 is 0 Å². The zero-order chi connectivity index (χ0) is 18.5. The fraction of sp³-hybridized carbons (Fsp3) is 0.304. The molecular formula is C23H25BrN2O. The third-order valence-corrected chi connectivity index (χ3v) is 5.72. The van der Waals surface area contributed by atoms with Crippen LogP contribution < -0.4 is 5.32 Å². The highest BCUT2D eigenvalue weighted by molar-refractivity contribution is 9.10. The van der Waals surface area contributed by atoms with E-state index in [9.17, 15) is 0 Å². The lowest BCUT2D eigenvalue weighted by Crippen LogP contribution is -2.41. The molecule has 1 aliphatic rings. The molecule has 0 radical (unpaired) electrons. The van der Waals surface area contributed by atoms with Gasteiger partial charge in [-0.25, -0.2) is 0 Å². The van der Waals surface area contributed by atoms with E-state index < -0.39 is 0 Å². The summed E-state index contributed by atoms with van der Waals surface area (Å²) in [7, 11) is 0. The van der Waals surface area contributed by atoms with Crippen molar-refractivity contribution in [3.8, 4) is 11.3 Å². The van der Waals surface area contributed by atoms with Crippen LogP contribution in [0, 0.1) is 0 Å². The summed E-state index contributed by atoms with van der Waals surface area (Å²) >= 11 is 3.47. The highest BCUT2D eigenvalue weighted by Crippen LogP contribution is 2.24. The fourth-order valence-corrected chi connectivity index (χ4v) is 3.89. The van der Waals surface area contributed by atoms with Gasteiger partial charge in [-0.05, 0) is 55.8 Å². The number of halogens is 1. The molecule has 4 rings (SSSR count). The Labute approximate surface area is 169 Å². The van der Waals surface area contributed by atoms with E-state index in [0.717, 1.165) is 47.7 Å². The molecule has 1 saturated heterocycles. The van der Waals surface area contributed by atoms with Crippen LogP contribution in [0.25, 0.3) is 11.3 Å². The van der Waals surface area contributed by atoms with Gasteiger partial charge in [0.15, 0.2) is 0 Å². The molecule has 0 spiro atoms. The van der Waals surface area contributed by atoms with Crippen LogP contribution in [0.4, 0.5) is 0 Å². The summed E-state index contributed by atoms with van der Waals surface area (Å²) in [4.78, 5) is 2.55. The second kappa shape index (κ2) is 8.87. The van der Waals surface area contributed by atoms with Gasteiger partial charge in [-0.1, -0.05) is 58.4 Å². The lowest BCUT2D eigenvalue weighted by atomic mass is 10.0. The van der Waals surface area contributed by atoms with E-state index in [1.54, 1.807) is 0 Å². The van der Waals surface area contributed by atoms with Crippen molar-refractivity contribution in [2.24, 2.45) is 0 Å². The number of hydrogen-bond donors (Lipinski definition) is 1. The Morgan fingerprint density at radius 3 is 2.41 bits per heavy atom. The molecular weight excluding hydrogens is 400 g/mol. The number of furan rings is 1. The number of nitrogens with zero attached hydrogens (tertiary/aromatic N) is 1. The third-order valence-electron chi connectivity index (χ3n) is 5.19. The van der Waals surface area contributed by atoms with Crippen LogP contribution in [-0.2, 0) is 13.1 Å². The van der Waals surface area contributed by atoms with Crippen molar-refractivity contribution in [3.63, 3.8) is 0 Å². The van der Waals surface area contributed by atoms with Gasteiger partial charge >= 0.3 is 0 Å². The second-order valence-electron chi connectivity index (χ2n) is 7.19. The molecule has 0 bridgehead atoms. The van der Waals surface area contributed by atoms with E-state index in [2.05, 4.69) is 80.7 Å². The van der Waals surface area contributed by atoms with Crippen LogP contribution in [0.3, 0.4) is 0 Å². The second-order valence-corrected chi connectivity index (χ2v) is 8.11. The predicted octanol–water partition coefficient (Wildman–Crippen LogP) is 5.46. The van der Waals surface area contributed by atoms with Crippen LogP contribution in [0.2, 0.25) is 0 Å². The van der Waals surface area contributed by atoms with Gasteiger partial charge in [-0.2, -0.15) is 0 Å². The van der Waals surface area contributed by atoms with Crippen molar-refractivity contribution in [2.75, 3.05) is 13.1 Å². The van der Waals surface area contributed by atoms with Crippen LogP contribution in [0.5, 0.6) is 0 Å². The normalized spacial score (nSPS) is 15.9. The first-order valence-electron chi connectivity index (χ1n) is 9.60. The largest absolute Gasteiger partial charge is 0.460 e. The van der Waals surface area contributed by atoms with E-state index in [1.165, 1.54) is 18.4 Å². The summed E-state index contributed by atoms with van der Waals surface area (Å²) in [5.41, 5.74) is 2.51. The van der Waals surface area contributed by atoms with Crippen molar-refractivity contribution >= 4 is 15.9 Å². The van der Waals surface area contributed by atoms with E-state index in [1.807, 2.05) is 12.1 Å². The van der Waals surface area contributed by atoms with Gasteiger partial charge in [0.25, 0.3) is 0 Å². The first-order valence-corrected chi connectivity index (χ1v) is 10.4. The molecule has 0 saturated carbocycles. The van der Waals surface area contributed by atoms with Crippen molar-refractivity contribution in [3.05, 3.63) is 82.5 Å². The van der Waals surface area contributed by atoms with Gasteiger partial charge in [-0.15, -0.1) is 0 Å². The SMILES string of the molecule is Brc1ccc(-c2ccc(CNC3CCN(Cc4ccccc4)CC3)o2)cc1. The van der Waals surface area contributed by atoms with Crippen molar-refractivity contribution < 1.29 is 4.42 Å². The van der Waals surface area contributed by atoms with E-state index in [-0.39, 0.29) is 0 Å². The van der Waals surface area contributed by atoms with Gasteiger partial charge in [0.05, 0.1) is 6.54 Å². The number of piperidine rings is 1. The minimum atomic E-state index is 0.568. The minimum Gasteiger partial charge on any atom is -0.460 e. The van der Waals surface area contributed by atoms with Gasteiger partial charge in [0, 0.05) is 22.6 Å². The lowest BCUT2D eigenvalue weighted by Gasteiger charge is -2.32. The summed E-state index contributed by atoms with van der Waals surface area (Å²) in [6.45, 7) is 4.14. The van der Waals surface area contributed by atoms with E-state index in [0.29, 0.717) is 6.04 Å². The summed E-state index contributed by atoms with van der Waals surface area (Å²) in [5.74, 6) is 1.93. The molecule has 2 heterocycles. The highest BCUT2D eigenvalue weighted by Gasteiger charge is 2.19. The maximum atomic E-state index is 6.01. The van der Waals surface area contributed by atoms with Crippen LogP contribution in [0.1, 0.15) is 24.2 Å². The first kappa shape index (κ1) is 18.5. The monoisotopic (exact) mass is 424 g/mol. The van der Waals surface area contributed by atoms with Crippen molar-refractivity contribution in [1.82, 2.24) is 10.2 Å². The lowest BCUT2D eigenvalue weighted by molar-refractivity contribution is 0.189. The Morgan fingerprint density at radius 2 is 1.67 bits per heavy atom. The third kappa shape index (κ3) is 5.10. The molecule has 1 fully saturated rings. The van der Waals surface area contributed by atoms with Crippen LogP contribution >= 0.6 is 15.9 Å². The van der Waals surface area contributed by atoms with Gasteiger partial charge < -0.3 is 9.73 Å². The maximum Gasteiger partial charge on any atom is 0.134 e. The molecule has 0 atom stereocenters. The highest BCUT2D eigenvalue weighted by atomic mass is 79.9. The standard InChI is InChI=1S/C23H25BrN2O/c24-20-8-6-19(7-9-20)23-11-10-22(27-23)16-25-21-12-14-26(15-13-21)17-18-4-2-1-3-5-18/h1-11,21,25H,12-17H2. The summed E-state index contributed by atoms with van der Waals surface area (Å²) in [6.07, 6.45) is 2.38. The van der Waals surface area contributed by atoms with E-state index in [4.69, 9.17) is 4.42 Å². The Bertz CT molecular complexity index is 836. The summed E-state index contributed by atoms with van der Waals surface area (Å²) < 4.78 is 7.09. The number of hydrogen-bond acceptors (Lipinski definition) is 3. The molecule has 2 aromatic carbocycles. The number of rotatable bonds is 6. The van der Waals surface area contributed by atoms with Crippen molar-refractivity contribution in [2.45, 2.75) is 32.0 Å². The molecule has 140 valence electrons. The predicted molar refractivity (Wildman–Crippen MR) is 113 cm³/mol. The number of likely N-dealkylation sites (tertiary alicyclic amines) is 1. The van der Waals surface area contributed by atoms with Gasteiger partial charge in [-0.3, -0.25) is 4.90 Å². The quantitative estimate of drug-likeness (QED) is 0.568. The maximum absolute atomic E-state index is 6.01. The average molecular weight is 425 g/mol. The zero-order valence-corrected chi connectivity index (χ0v) is 17.0. The summed E-state index contributed by atoms with van der Waals surface area (Å²) in [5, 5.41) is 3.67.